The van der Waals surface area contributed by atoms with Crippen LogP contribution < -0.4 is 22.3 Å². The Morgan fingerprint density at radius 2 is 0.539 bits per heavy atom. The van der Waals surface area contributed by atoms with Crippen molar-refractivity contribution in [2.45, 2.75) is 7.43 Å². The topological polar surface area (TPSA) is 383 Å². The number of aromatic nitrogens is 8. The van der Waals surface area contributed by atoms with Gasteiger partial charge in [0, 0.05) is 5.56 Å². The molecule has 8 aromatic rings. The number of hydrogen-bond acceptors (Lipinski definition) is 16. The van der Waals surface area contributed by atoms with E-state index in [-0.39, 0.29) is 116 Å². The van der Waals surface area contributed by atoms with Gasteiger partial charge < -0.3 is 81.0 Å². The third-order valence-corrected chi connectivity index (χ3v) is 13.5. The summed E-state index contributed by atoms with van der Waals surface area (Å²) in [6, 6.07) is 49.3. The quantitative estimate of drug-likeness (QED) is 0.0446. The first-order chi connectivity index (χ1) is 40.5. The van der Waals surface area contributed by atoms with Gasteiger partial charge in [0.15, 0.2) is 0 Å². The van der Waals surface area contributed by atoms with Crippen LogP contribution in [0.25, 0.3) is 112 Å². The summed E-state index contributed by atoms with van der Waals surface area (Å²) < 4.78 is 15.1. The Bertz CT molecular complexity index is 3570. The largest absolute Gasteiger partial charge is 2.00 e. The van der Waals surface area contributed by atoms with Gasteiger partial charge in [-0.15, -0.1) is 0 Å². The fourth-order valence-electron chi connectivity index (χ4n) is 7.19. The van der Waals surface area contributed by atoms with Crippen LogP contribution in [-0.2, 0) is 112 Å². The number of hydrogen-bond donors (Lipinski definition) is 4. The molecule has 0 spiro atoms. The maximum atomic E-state index is 10.6. The molecule has 0 fully saturated rings. The molecule has 32 heteroatoms. The SMILES string of the molecule is C.COC([NH-])=O.COC([NH-])=O.COC([NH-])=O.COC([NH-])=O.O=[C-]Pc1ncc(-c2ccc(-c3cc4ccc(-c5cnc(P[C-]=O)[nH]5)ccc-4c3)cc2)[nH]1.O=[C-]Pc1ncc(-c2ccc(-c3ccc4cc(-c5cnc(P[C-]=O)[nH]5)ccc4c3)cc2)[nH]1.[V+2].[V+2].[V+2].[V+2]. The molecule has 2 aliphatic rings. The molecule has 0 aliphatic heterocycles. The first kappa shape index (κ1) is 81.5. The van der Waals surface area contributed by atoms with E-state index in [1.54, 1.807) is 24.8 Å². The van der Waals surface area contributed by atoms with Crippen LogP contribution in [0.4, 0.5) is 19.2 Å². The Morgan fingerprint density at radius 1 is 0.337 bits per heavy atom. The van der Waals surface area contributed by atoms with Gasteiger partial charge in [0.05, 0.1) is 98.3 Å². The zero-order valence-electron chi connectivity index (χ0n) is 46.3. The van der Waals surface area contributed by atoms with Crippen molar-refractivity contribution in [3.8, 4) is 78.4 Å². The summed E-state index contributed by atoms with van der Waals surface area (Å²) in [4.78, 5) is 109. The predicted octanol–water partition coefficient (Wildman–Crippen LogP) is 11.9. The summed E-state index contributed by atoms with van der Waals surface area (Å²) in [5.41, 5.74) is 40.8. The molecule has 2 aliphatic carbocycles. The summed E-state index contributed by atoms with van der Waals surface area (Å²) in [5, 5.41) is 2.27. The summed E-state index contributed by atoms with van der Waals surface area (Å²) in [5.74, 6) is 0. The van der Waals surface area contributed by atoms with Gasteiger partial charge in [0.1, 0.15) is 0 Å². The number of H-pyrrole nitrogens is 4. The third kappa shape index (κ3) is 26.6. The normalized spacial score (nSPS) is 9.93. The number of aromatic amines is 4. The molecule has 452 valence electrons. The molecule has 4 heterocycles. The molecule has 10 rings (SSSR count). The van der Waals surface area contributed by atoms with Crippen LogP contribution in [0.1, 0.15) is 7.43 Å². The minimum Gasteiger partial charge on any atom is -0.632 e. The minimum absolute atomic E-state index is 0. The number of fused-ring (bicyclic) bond motifs is 2. The smallest absolute Gasteiger partial charge is 0.632 e. The van der Waals surface area contributed by atoms with E-state index in [2.05, 4.69) is 138 Å². The number of methoxy groups -OCH3 is 4. The molecular weight excluding hydrogens is 1370 g/mol. The molecule has 24 nitrogen and oxygen atoms in total. The van der Waals surface area contributed by atoms with Crippen molar-refractivity contribution in [1.29, 1.82) is 0 Å². The molecule has 8 N–H and O–H groups in total. The fraction of sp³-hybridized carbons (Fsp3) is 0.0877. The number of benzene rings is 4. The minimum atomic E-state index is -0.995. The van der Waals surface area contributed by atoms with E-state index in [1.165, 1.54) is 0 Å². The maximum absolute atomic E-state index is 10.6. The summed E-state index contributed by atoms with van der Waals surface area (Å²) >= 11 is 0. The van der Waals surface area contributed by atoms with E-state index >= 15 is 0 Å². The standard InChI is InChI=1S/2C24H16N4O2P2.4C2H5NO2.CH4.4V/c29-13-31-23-25-11-21(27-23)16-3-1-15(2-4-16)20-9-18-7-5-17(6-8-19(18)10-20)22-12-26-24(28-22)32-14-30;29-13-31-23-25-11-21(27-23)16-3-1-15(2-4-16)17-5-6-19-10-20(8-7-18(19)9-17)22-12-26-24(28-22)32-14-30;4*1-5-2(3)4;;;;;/h2*1-12,31-32H,(H,25,27)(H,26,28);4*1H3,(H2,3,4);1H4;;;;/q2*-2;;;;;;4*+2/p-4. The van der Waals surface area contributed by atoms with Crippen molar-refractivity contribution in [2.24, 2.45) is 0 Å². The summed E-state index contributed by atoms with van der Waals surface area (Å²) in [6.07, 6.45) is 2.99. The maximum Gasteiger partial charge on any atom is 2.00 e. The van der Waals surface area contributed by atoms with Crippen LogP contribution in [0.5, 0.6) is 0 Å². The number of carbonyl (C=O) groups is 4. The number of imidazole rings is 4. The van der Waals surface area contributed by atoms with Gasteiger partial charge in [-0.2, -0.15) is 34.3 Å². The van der Waals surface area contributed by atoms with Gasteiger partial charge in [-0.05, 0) is 85.1 Å². The first-order valence-corrected chi connectivity index (χ1v) is 27.8. The number of carbonyl (C=O) groups excluding carboxylic acids is 8. The Morgan fingerprint density at radius 3 is 0.809 bits per heavy atom. The van der Waals surface area contributed by atoms with Crippen molar-refractivity contribution in [3.05, 3.63) is 169 Å². The Kier molecular flexibility index (Phi) is 39.6. The molecule has 0 bridgehead atoms. The van der Waals surface area contributed by atoms with E-state index in [4.69, 9.17) is 22.9 Å². The molecule has 4 amide bonds. The first-order valence-electron chi connectivity index (χ1n) is 23.8. The zero-order valence-corrected chi connectivity index (χ0v) is 55.9. The van der Waals surface area contributed by atoms with E-state index in [0.29, 0.717) is 22.3 Å². The van der Waals surface area contributed by atoms with E-state index in [0.717, 1.165) is 118 Å². The van der Waals surface area contributed by atoms with Crippen LogP contribution in [0.3, 0.4) is 0 Å². The van der Waals surface area contributed by atoms with Gasteiger partial charge in [-0.1, -0.05) is 104 Å². The number of nitrogens with zero attached hydrogens (tertiary/aromatic N) is 4. The molecule has 0 saturated carbocycles. The fourth-order valence-corrected chi connectivity index (χ4v) is 8.88. The zero-order chi connectivity index (χ0) is 61.0. The van der Waals surface area contributed by atoms with Crippen molar-refractivity contribution < 1.29 is 132 Å². The second kappa shape index (κ2) is 43.2. The Balaban J connectivity index is 0.00000128. The molecular formula is C57H52N12O12P4V4. The van der Waals surface area contributed by atoms with Crippen molar-refractivity contribution >= 4 is 116 Å². The average Bonchev–Trinajstić information content (AvgIpc) is 1.96. The predicted molar refractivity (Wildman–Crippen MR) is 336 cm³/mol. The van der Waals surface area contributed by atoms with Gasteiger partial charge in [0.25, 0.3) is 0 Å². The molecule has 89 heavy (non-hydrogen) atoms. The molecule has 4 unspecified atom stereocenters. The number of rotatable bonds is 14. The van der Waals surface area contributed by atoms with Gasteiger partial charge in [-0.25, -0.2) is 44.0 Å². The third-order valence-electron chi connectivity index (χ3n) is 11.1. The number of amides is 4. The Hall–Kier alpha value is -7.50. The van der Waals surface area contributed by atoms with Gasteiger partial charge in [0.2, 0.25) is 24.4 Å². The average molecular weight is 1420 g/mol. The second-order valence-corrected chi connectivity index (χ2v) is 19.9. The van der Waals surface area contributed by atoms with E-state index in [1.807, 2.05) is 66.6 Å². The van der Waals surface area contributed by atoms with Crippen LogP contribution in [-0.4, -0.2) is 117 Å². The molecule has 0 saturated heterocycles. The molecule has 4 radical (unpaired) electrons. The molecule has 4 atom stereocenters. The second-order valence-electron chi connectivity index (χ2n) is 16.2. The van der Waals surface area contributed by atoms with Crippen LogP contribution in [0, 0.1) is 0 Å². The monoisotopic (exact) mass is 1420 g/mol. The van der Waals surface area contributed by atoms with Crippen molar-refractivity contribution in [3.63, 3.8) is 0 Å². The van der Waals surface area contributed by atoms with Crippen molar-refractivity contribution in [1.82, 2.24) is 39.9 Å². The van der Waals surface area contributed by atoms with Crippen LogP contribution in [0.2, 0.25) is 0 Å². The summed E-state index contributed by atoms with van der Waals surface area (Å²) in [6.45, 7) is 0. The molecule has 4 aromatic carbocycles. The van der Waals surface area contributed by atoms with Crippen molar-refractivity contribution in [2.75, 3.05) is 28.4 Å². The molecule has 4 aromatic heterocycles. The van der Waals surface area contributed by atoms with E-state index in [9.17, 15) is 38.4 Å². The van der Waals surface area contributed by atoms with Gasteiger partial charge >= 0.3 is 74.2 Å². The summed E-state index contributed by atoms with van der Waals surface area (Å²) in [7, 11) is 4.31. The van der Waals surface area contributed by atoms with Crippen LogP contribution in [0.15, 0.2) is 146 Å². The van der Waals surface area contributed by atoms with Crippen LogP contribution >= 0.6 is 34.3 Å². The Labute approximate surface area is 566 Å². The number of nitrogens with one attached hydrogen (secondary N) is 8. The number of ether oxygens (including phenoxy) is 4. The van der Waals surface area contributed by atoms with Gasteiger partial charge in [-0.3, -0.25) is 19.2 Å². The van der Waals surface area contributed by atoms with E-state index < -0.39 is 24.4 Å².